The SMILES string of the molecule is CC(C)(C)c1ccccc1OCCNC(=O)CN1C(=O)c2cccc3cccc1c23. The first-order valence-corrected chi connectivity index (χ1v) is 10.2. The predicted octanol–water partition coefficient (Wildman–Crippen LogP) is 4.29. The molecule has 0 unspecified atom stereocenters. The van der Waals surface area contributed by atoms with E-state index < -0.39 is 0 Å². The molecule has 0 saturated carbocycles. The van der Waals surface area contributed by atoms with E-state index in [1.54, 1.807) is 4.90 Å². The number of anilines is 1. The fourth-order valence-electron chi connectivity index (χ4n) is 3.90. The van der Waals surface area contributed by atoms with E-state index in [1.165, 1.54) is 0 Å². The van der Waals surface area contributed by atoms with E-state index in [1.807, 2.05) is 54.6 Å². The zero-order valence-corrected chi connectivity index (χ0v) is 17.6. The number of para-hydroxylation sites is 1. The molecule has 154 valence electrons. The molecule has 30 heavy (non-hydrogen) atoms. The predicted molar refractivity (Wildman–Crippen MR) is 119 cm³/mol. The van der Waals surface area contributed by atoms with Crippen LogP contribution in [0.2, 0.25) is 0 Å². The molecule has 0 spiro atoms. The highest BCUT2D eigenvalue weighted by atomic mass is 16.5. The van der Waals surface area contributed by atoms with Gasteiger partial charge >= 0.3 is 0 Å². The summed E-state index contributed by atoms with van der Waals surface area (Å²) in [5.74, 6) is 0.490. The van der Waals surface area contributed by atoms with Gasteiger partial charge in [-0.2, -0.15) is 0 Å². The van der Waals surface area contributed by atoms with Gasteiger partial charge < -0.3 is 10.1 Å². The van der Waals surface area contributed by atoms with Gasteiger partial charge in [0.2, 0.25) is 5.91 Å². The lowest BCUT2D eigenvalue weighted by Gasteiger charge is -2.22. The number of nitrogens with one attached hydrogen (secondary N) is 1. The lowest BCUT2D eigenvalue weighted by atomic mass is 9.86. The van der Waals surface area contributed by atoms with Crippen LogP contribution in [0, 0.1) is 0 Å². The topological polar surface area (TPSA) is 58.6 Å². The first-order chi connectivity index (χ1) is 14.4. The van der Waals surface area contributed by atoms with Crippen LogP contribution in [0.1, 0.15) is 36.7 Å². The standard InChI is InChI=1S/C25H26N2O3/c1-25(2,3)19-11-4-5-13-21(19)30-15-14-26-22(28)16-27-20-12-7-9-17-8-6-10-18(23(17)20)24(27)29/h4-13H,14-16H2,1-3H3,(H,26,28). The number of ether oxygens (including phenoxy) is 1. The van der Waals surface area contributed by atoms with Gasteiger partial charge in [-0.15, -0.1) is 0 Å². The second-order valence-corrected chi connectivity index (χ2v) is 8.52. The molecule has 0 atom stereocenters. The summed E-state index contributed by atoms with van der Waals surface area (Å²) in [7, 11) is 0. The molecule has 0 aliphatic carbocycles. The summed E-state index contributed by atoms with van der Waals surface area (Å²) in [6.07, 6.45) is 0. The Morgan fingerprint density at radius 2 is 1.73 bits per heavy atom. The second kappa shape index (κ2) is 7.82. The molecule has 5 heteroatoms. The van der Waals surface area contributed by atoms with E-state index in [9.17, 15) is 9.59 Å². The van der Waals surface area contributed by atoms with Crippen LogP contribution in [-0.4, -0.2) is 31.5 Å². The molecule has 3 aromatic carbocycles. The Hall–Kier alpha value is -3.34. The molecule has 1 aliphatic heterocycles. The molecule has 1 aliphatic rings. The smallest absolute Gasteiger partial charge is 0.259 e. The molecule has 3 aromatic rings. The van der Waals surface area contributed by atoms with Gasteiger partial charge in [-0.3, -0.25) is 14.5 Å². The van der Waals surface area contributed by atoms with Crippen molar-refractivity contribution in [1.29, 1.82) is 0 Å². The highest BCUT2D eigenvalue weighted by molar-refractivity contribution is 6.26. The Balaban J connectivity index is 1.35. The number of hydrogen-bond acceptors (Lipinski definition) is 3. The van der Waals surface area contributed by atoms with Gasteiger partial charge in [0.05, 0.1) is 12.2 Å². The van der Waals surface area contributed by atoms with E-state index >= 15 is 0 Å². The molecule has 4 rings (SSSR count). The minimum Gasteiger partial charge on any atom is -0.491 e. The van der Waals surface area contributed by atoms with Gasteiger partial charge in [-0.1, -0.05) is 63.2 Å². The zero-order chi connectivity index (χ0) is 21.3. The Bertz CT molecular complexity index is 1110. The van der Waals surface area contributed by atoms with Crippen LogP contribution in [-0.2, 0) is 10.2 Å². The van der Waals surface area contributed by atoms with E-state index in [0.717, 1.165) is 27.8 Å². The lowest BCUT2D eigenvalue weighted by molar-refractivity contribution is -0.119. The first kappa shape index (κ1) is 20.0. The lowest BCUT2D eigenvalue weighted by Crippen LogP contribution is -2.40. The van der Waals surface area contributed by atoms with Crippen molar-refractivity contribution >= 4 is 28.3 Å². The van der Waals surface area contributed by atoms with Gasteiger partial charge in [0.15, 0.2) is 0 Å². The van der Waals surface area contributed by atoms with Crippen LogP contribution in [0.5, 0.6) is 5.75 Å². The Labute approximate surface area is 176 Å². The number of carbonyl (C=O) groups excluding carboxylic acids is 2. The fraction of sp³-hybridized carbons (Fsp3) is 0.280. The molecule has 1 heterocycles. The number of amides is 2. The molecular formula is C25H26N2O3. The van der Waals surface area contributed by atoms with E-state index in [4.69, 9.17) is 4.74 Å². The summed E-state index contributed by atoms with van der Waals surface area (Å²) < 4.78 is 5.91. The summed E-state index contributed by atoms with van der Waals surface area (Å²) in [5, 5.41) is 4.78. The van der Waals surface area contributed by atoms with Crippen LogP contribution >= 0.6 is 0 Å². The number of benzene rings is 3. The minimum absolute atomic E-state index is 0.00873. The second-order valence-electron chi connectivity index (χ2n) is 8.52. The summed E-state index contributed by atoms with van der Waals surface area (Å²) in [6, 6.07) is 19.4. The highest BCUT2D eigenvalue weighted by Crippen LogP contribution is 2.36. The van der Waals surface area contributed by atoms with Crippen LogP contribution in [0.25, 0.3) is 10.8 Å². The van der Waals surface area contributed by atoms with Crippen molar-refractivity contribution in [3.8, 4) is 5.75 Å². The van der Waals surface area contributed by atoms with Crippen molar-refractivity contribution in [3.63, 3.8) is 0 Å². The van der Waals surface area contributed by atoms with E-state index in [-0.39, 0.29) is 23.8 Å². The Kier molecular flexibility index (Phi) is 5.20. The maximum Gasteiger partial charge on any atom is 0.259 e. The van der Waals surface area contributed by atoms with Gasteiger partial charge in [0, 0.05) is 10.9 Å². The molecule has 2 amide bonds. The average molecular weight is 402 g/mol. The minimum atomic E-state index is -0.208. The van der Waals surface area contributed by atoms with Crippen molar-refractivity contribution in [2.75, 3.05) is 24.6 Å². The third kappa shape index (κ3) is 3.75. The highest BCUT2D eigenvalue weighted by Gasteiger charge is 2.30. The number of rotatable bonds is 6. The van der Waals surface area contributed by atoms with Crippen LogP contribution in [0.4, 0.5) is 5.69 Å². The van der Waals surface area contributed by atoms with Gasteiger partial charge in [0.1, 0.15) is 18.9 Å². The van der Waals surface area contributed by atoms with Gasteiger partial charge in [-0.25, -0.2) is 0 Å². The fourth-order valence-corrected chi connectivity index (χ4v) is 3.90. The van der Waals surface area contributed by atoms with Gasteiger partial charge in [0.25, 0.3) is 5.91 Å². The maximum atomic E-state index is 12.8. The van der Waals surface area contributed by atoms with Crippen molar-refractivity contribution in [2.24, 2.45) is 0 Å². The Morgan fingerprint density at radius 3 is 2.50 bits per heavy atom. The largest absolute Gasteiger partial charge is 0.491 e. The summed E-state index contributed by atoms with van der Waals surface area (Å²) >= 11 is 0. The molecule has 1 N–H and O–H groups in total. The normalized spacial score (nSPS) is 13.0. The van der Waals surface area contributed by atoms with E-state index in [2.05, 4.69) is 32.2 Å². The van der Waals surface area contributed by atoms with Crippen molar-refractivity contribution in [3.05, 3.63) is 71.8 Å². The molecular weight excluding hydrogens is 376 g/mol. The van der Waals surface area contributed by atoms with Crippen molar-refractivity contribution in [1.82, 2.24) is 5.32 Å². The van der Waals surface area contributed by atoms with Crippen LogP contribution in [0.3, 0.4) is 0 Å². The number of carbonyl (C=O) groups is 2. The van der Waals surface area contributed by atoms with E-state index in [0.29, 0.717) is 18.7 Å². The molecule has 0 fully saturated rings. The molecule has 5 nitrogen and oxygen atoms in total. The summed E-state index contributed by atoms with van der Waals surface area (Å²) in [5.41, 5.74) is 2.55. The number of nitrogens with zero attached hydrogens (tertiary/aromatic N) is 1. The first-order valence-electron chi connectivity index (χ1n) is 10.2. The maximum absolute atomic E-state index is 12.8. The average Bonchev–Trinajstić information content (AvgIpc) is 2.99. The molecule has 0 aromatic heterocycles. The van der Waals surface area contributed by atoms with Crippen LogP contribution in [0.15, 0.2) is 60.7 Å². The van der Waals surface area contributed by atoms with Crippen molar-refractivity contribution in [2.45, 2.75) is 26.2 Å². The monoisotopic (exact) mass is 402 g/mol. The third-order valence-electron chi connectivity index (χ3n) is 5.33. The molecule has 0 radical (unpaired) electrons. The quantitative estimate of drug-likeness (QED) is 0.626. The summed E-state index contributed by atoms with van der Waals surface area (Å²) in [4.78, 5) is 26.8. The molecule has 0 bridgehead atoms. The van der Waals surface area contributed by atoms with Gasteiger partial charge in [-0.05, 0) is 34.6 Å². The van der Waals surface area contributed by atoms with Crippen molar-refractivity contribution < 1.29 is 14.3 Å². The molecule has 0 saturated heterocycles. The zero-order valence-electron chi connectivity index (χ0n) is 17.6. The van der Waals surface area contributed by atoms with Crippen LogP contribution < -0.4 is 15.0 Å². The summed E-state index contributed by atoms with van der Waals surface area (Å²) in [6.45, 7) is 7.15. The number of hydrogen-bond donors (Lipinski definition) is 1. The Morgan fingerprint density at radius 1 is 1.00 bits per heavy atom. The third-order valence-corrected chi connectivity index (χ3v) is 5.33.